The average Bonchev–Trinajstić information content (AvgIpc) is 3.15. The van der Waals surface area contributed by atoms with Gasteiger partial charge in [-0.3, -0.25) is 15.0 Å². The number of para-hydroxylation sites is 1. The molecule has 1 heterocycles. The van der Waals surface area contributed by atoms with Crippen LogP contribution in [0.5, 0.6) is 5.75 Å². The number of nitro groups is 1. The first kappa shape index (κ1) is 18.5. The molecule has 0 radical (unpaired) electrons. The Balaban J connectivity index is 1.72. The molecule has 1 atom stereocenters. The number of non-ortho nitro benzene ring substituents is 1. The van der Waals surface area contributed by atoms with Crippen molar-refractivity contribution in [1.29, 1.82) is 0 Å². The third-order valence-corrected chi connectivity index (χ3v) is 4.44. The number of nitrogens with zero attached hydrogens (tertiary/aromatic N) is 4. The maximum absolute atomic E-state index is 10.7. The highest BCUT2D eigenvalue weighted by Gasteiger charge is 2.19. The van der Waals surface area contributed by atoms with Crippen molar-refractivity contribution in [1.82, 2.24) is 15.0 Å². The monoisotopic (exact) mass is 368 g/mol. The second kappa shape index (κ2) is 7.96. The van der Waals surface area contributed by atoms with Gasteiger partial charge in [-0.25, -0.2) is 0 Å². The fraction of sp³-hybridized carbons (Fsp3) is 0.263. The van der Waals surface area contributed by atoms with Crippen molar-refractivity contribution < 1.29 is 14.2 Å². The summed E-state index contributed by atoms with van der Waals surface area (Å²) in [5, 5.41) is 14.7. The van der Waals surface area contributed by atoms with Crippen molar-refractivity contribution in [2.45, 2.75) is 19.5 Å². The van der Waals surface area contributed by atoms with Crippen LogP contribution in [-0.2, 0) is 6.54 Å². The number of nitro benzene ring substituents is 1. The van der Waals surface area contributed by atoms with Crippen LogP contribution in [0.2, 0.25) is 0 Å². The molecule has 0 amide bonds. The highest BCUT2D eigenvalue weighted by Crippen LogP contribution is 2.29. The van der Waals surface area contributed by atoms with Crippen LogP contribution < -0.4 is 4.74 Å². The molecule has 8 heteroatoms. The SMILES string of the molecule is COc1ccccc1[C@H](C)N(C)Cc1nc(-c2ccc([N+](=O)[O-])cc2)no1. The molecular formula is C19H20N4O4. The molecule has 140 valence electrons. The van der Waals surface area contributed by atoms with Gasteiger partial charge in [-0.1, -0.05) is 23.4 Å². The predicted molar refractivity (Wildman–Crippen MR) is 99.3 cm³/mol. The van der Waals surface area contributed by atoms with Gasteiger partial charge in [0, 0.05) is 29.3 Å². The lowest BCUT2D eigenvalue weighted by Gasteiger charge is -2.24. The first-order valence-corrected chi connectivity index (χ1v) is 8.40. The number of aromatic nitrogens is 2. The predicted octanol–water partition coefficient (Wildman–Crippen LogP) is 3.85. The summed E-state index contributed by atoms with van der Waals surface area (Å²) in [4.78, 5) is 16.8. The molecule has 1 aromatic heterocycles. The highest BCUT2D eigenvalue weighted by atomic mass is 16.6. The van der Waals surface area contributed by atoms with E-state index in [1.165, 1.54) is 12.1 Å². The summed E-state index contributed by atoms with van der Waals surface area (Å²) in [6.45, 7) is 2.53. The minimum atomic E-state index is -0.445. The maximum atomic E-state index is 10.7. The van der Waals surface area contributed by atoms with Gasteiger partial charge in [0.25, 0.3) is 5.69 Å². The molecule has 0 spiro atoms. The first-order chi connectivity index (χ1) is 13.0. The normalized spacial score (nSPS) is 12.1. The summed E-state index contributed by atoms with van der Waals surface area (Å²) in [5.41, 5.74) is 1.75. The van der Waals surface area contributed by atoms with E-state index in [0.717, 1.165) is 11.3 Å². The number of ether oxygens (including phenoxy) is 1. The number of hydrogen-bond acceptors (Lipinski definition) is 7. The van der Waals surface area contributed by atoms with Crippen LogP contribution in [0, 0.1) is 10.1 Å². The number of benzene rings is 2. The Morgan fingerprint density at radius 1 is 1.22 bits per heavy atom. The second-order valence-electron chi connectivity index (χ2n) is 6.15. The Morgan fingerprint density at radius 2 is 1.93 bits per heavy atom. The van der Waals surface area contributed by atoms with Crippen LogP contribution in [0.15, 0.2) is 53.1 Å². The van der Waals surface area contributed by atoms with E-state index < -0.39 is 4.92 Å². The molecule has 0 fully saturated rings. The van der Waals surface area contributed by atoms with Gasteiger partial charge in [-0.15, -0.1) is 0 Å². The zero-order valence-corrected chi connectivity index (χ0v) is 15.3. The van der Waals surface area contributed by atoms with Crippen LogP contribution in [0.3, 0.4) is 0 Å². The fourth-order valence-corrected chi connectivity index (χ4v) is 2.77. The molecule has 0 saturated heterocycles. The van der Waals surface area contributed by atoms with Crippen LogP contribution >= 0.6 is 0 Å². The molecule has 2 aromatic carbocycles. The molecule has 3 rings (SSSR count). The van der Waals surface area contributed by atoms with Gasteiger partial charge in [0.1, 0.15) is 5.75 Å². The number of methoxy groups -OCH3 is 1. The van der Waals surface area contributed by atoms with Gasteiger partial charge >= 0.3 is 0 Å². The van der Waals surface area contributed by atoms with E-state index in [4.69, 9.17) is 9.26 Å². The summed E-state index contributed by atoms with van der Waals surface area (Å²) in [5.74, 6) is 1.69. The lowest BCUT2D eigenvalue weighted by molar-refractivity contribution is -0.384. The summed E-state index contributed by atoms with van der Waals surface area (Å²) in [6, 6.07) is 14.0. The third-order valence-electron chi connectivity index (χ3n) is 4.44. The van der Waals surface area contributed by atoms with Gasteiger partial charge in [-0.05, 0) is 32.2 Å². The Labute approximate surface area is 156 Å². The smallest absolute Gasteiger partial charge is 0.269 e. The van der Waals surface area contributed by atoms with Crippen LogP contribution in [0.25, 0.3) is 11.4 Å². The van der Waals surface area contributed by atoms with Crippen LogP contribution in [0.1, 0.15) is 24.4 Å². The molecule has 0 unspecified atom stereocenters. The summed E-state index contributed by atoms with van der Waals surface area (Å²) < 4.78 is 10.8. The number of hydrogen-bond donors (Lipinski definition) is 0. The fourth-order valence-electron chi connectivity index (χ4n) is 2.77. The van der Waals surface area contributed by atoms with E-state index in [0.29, 0.717) is 23.8 Å². The topological polar surface area (TPSA) is 94.5 Å². The Kier molecular flexibility index (Phi) is 5.46. The number of rotatable bonds is 7. The van der Waals surface area contributed by atoms with Crippen molar-refractivity contribution >= 4 is 5.69 Å². The zero-order chi connectivity index (χ0) is 19.4. The third kappa shape index (κ3) is 4.12. The summed E-state index contributed by atoms with van der Waals surface area (Å²) in [7, 11) is 3.62. The van der Waals surface area contributed by atoms with E-state index in [9.17, 15) is 10.1 Å². The highest BCUT2D eigenvalue weighted by molar-refractivity contribution is 5.56. The molecule has 0 N–H and O–H groups in total. The molecule has 3 aromatic rings. The van der Waals surface area contributed by atoms with Crippen molar-refractivity contribution in [3.05, 3.63) is 70.1 Å². The Hall–Kier alpha value is -3.26. The molecular weight excluding hydrogens is 348 g/mol. The minimum Gasteiger partial charge on any atom is -0.496 e. The van der Waals surface area contributed by atoms with Gasteiger partial charge in [-0.2, -0.15) is 4.98 Å². The molecule has 0 aliphatic heterocycles. The Morgan fingerprint density at radius 3 is 2.59 bits per heavy atom. The van der Waals surface area contributed by atoms with Gasteiger partial charge in [0.15, 0.2) is 0 Å². The van der Waals surface area contributed by atoms with E-state index in [1.807, 2.05) is 31.3 Å². The molecule has 0 aliphatic carbocycles. The van der Waals surface area contributed by atoms with Crippen LogP contribution in [-0.4, -0.2) is 34.1 Å². The molecule has 0 saturated carbocycles. The molecule has 0 aliphatic rings. The van der Waals surface area contributed by atoms with Crippen molar-refractivity contribution in [2.75, 3.05) is 14.2 Å². The second-order valence-corrected chi connectivity index (χ2v) is 6.15. The van der Waals surface area contributed by atoms with Gasteiger partial charge in [0.05, 0.1) is 18.6 Å². The van der Waals surface area contributed by atoms with Gasteiger partial charge < -0.3 is 9.26 Å². The molecule has 8 nitrogen and oxygen atoms in total. The average molecular weight is 368 g/mol. The van der Waals surface area contributed by atoms with Crippen molar-refractivity contribution in [3.63, 3.8) is 0 Å². The van der Waals surface area contributed by atoms with Crippen LogP contribution in [0.4, 0.5) is 5.69 Å². The zero-order valence-electron chi connectivity index (χ0n) is 15.3. The van der Waals surface area contributed by atoms with E-state index in [-0.39, 0.29) is 11.7 Å². The lowest BCUT2D eigenvalue weighted by atomic mass is 10.1. The Bertz CT molecular complexity index is 923. The summed E-state index contributed by atoms with van der Waals surface area (Å²) in [6.07, 6.45) is 0. The molecule has 0 bridgehead atoms. The standard InChI is InChI=1S/C19H20N4O4/c1-13(16-6-4-5-7-17(16)26-3)22(2)12-18-20-19(21-27-18)14-8-10-15(11-9-14)23(24)25/h4-11,13H,12H2,1-3H3/t13-/m0/s1. The van der Waals surface area contributed by atoms with Crippen molar-refractivity contribution in [2.24, 2.45) is 0 Å². The largest absolute Gasteiger partial charge is 0.496 e. The minimum absolute atomic E-state index is 0.0211. The summed E-state index contributed by atoms with van der Waals surface area (Å²) >= 11 is 0. The maximum Gasteiger partial charge on any atom is 0.269 e. The van der Waals surface area contributed by atoms with Gasteiger partial charge in [0.2, 0.25) is 11.7 Å². The first-order valence-electron chi connectivity index (χ1n) is 8.40. The van der Waals surface area contributed by atoms with E-state index in [1.54, 1.807) is 19.2 Å². The van der Waals surface area contributed by atoms with Crippen molar-refractivity contribution in [3.8, 4) is 17.1 Å². The van der Waals surface area contributed by atoms with E-state index >= 15 is 0 Å². The molecule has 27 heavy (non-hydrogen) atoms. The quantitative estimate of drug-likeness (QED) is 0.462. The lowest BCUT2D eigenvalue weighted by Crippen LogP contribution is -2.22. The van der Waals surface area contributed by atoms with E-state index in [2.05, 4.69) is 22.0 Å².